The van der Waals surface area contributed by atoms with Crippen LogP contribution >= 0.6 is 27.3 Å². The highest BCUT2D eigenvalue weighted by molar-refractivity contribution is 9.10. The number of nitrogens with zero attached hydrogens (tertiary/aromatic N) is 2. The zero-order valence-electron chi connectivity index (χ0n) is 21.4. The van der Waals surface area contributed by atoms with Crippen molar-refractivity contribution in [3.8, 4) is 0 Å². The number of esters is 2. The highest BCUT2D eigenvalue weighted by Gasteiger charge is 2.38. The van der Waals surface area contributed by atoms with E-state index in [9.17, 15) is 9.59 Å². The summed E-state index contributed by atoms with van der Waals surface area (Å²) in [5.74, 6) is -1.46. The smallest absolute Gasteiger partial charge is 0.336 e. The number of carbonyl (C=O) groups excluding carboxylic acids is 2. The first-order valence-electron chi connectivity index (χ1n) is 12.5. The normalized spacial score (nSPS) is 13.9. The van der Waals surface area contributed by atoms with E-state index in [2.05, 4.69) is 31.2 Å². The van der Waals surface area contributed by atoms with E-state index in [1.165, 1.54) is 11.3 Å². The summed E-state index contributed by atoms with van der Waals surface area (Å²) in [6.07, 6.45) is 9.95. The van der Waals surface area contributed by atoms with Gasteiger partial charge in [-0.15, -0.1) is 11.3 Å². The van der Waals surface area contributed by atoms with Gasteiger partial charge in [0.15, 0.2) is 0 Å². The fourth-order valence-electron chi connectivity index (χ4n) is 4.43. The van der Waals surface area contributed by atoms with Gasteiger partial charge in [0.1, 0.15) is 0 Å². The van der Waals surface area contributed by atoms with E-state index in [1.54, 1.807) is 12.4 Å². The zero-order valence-corrected chi connectivity index (χ0v) is 23.8. The maximum Gasteiger partial charge on any atom is 0.336 e. The molecule has 0 aliphatic carbocycles. The predicted octanol–water partition coefficient (Wildman–Crippen LogP) is 5.89. The van der Waals surface area contributed by atoms with E-state index < -0.39 is 17.9 Å². The number of aromatic nitrogens is 2. The third-order valence-corrected chi connectivity index (χ3v) is 7.96. The van der Waals surface area contributed by atoms with Gasteiger partial charge in [-0.2, -0.15) is 0 Å². The summed E-state index contributed by atoms with van der Waals surface area (Å²) in [7, 11) is 0. The number of nitrogens with one attached hydrogen (secondary N) is 1. The van der Waals surface area contributed by atoms with E-state index >= 15 is 0 Å². The highest BCUT2D eigenvalue weighted by Crippen LogP contribution is 2.42. The Morgan fingerprint density at radius 1 is 0.921 bits per heavy atom. The molecule has 1 N–H and O–H groups in total. The largest absolute Gasteiger partial charge is 0.462 e. The van der Waals surface area contributed by atoms with Crippen molar-refractivity contribution in [3.63, 3.8) is 0 Å². The molecule has 0 fully saturated rings. The van der Waals surface area contributed by atoms with Crippen LogP contribution in [0.3, 0.4) is 0 Å². The van der Waals surface area contributed by atoms with Gasteiger partial charge >= 0.3 is 11.9 Å². The van der Waals surface area contributed by atoms with Gasteiger partial charge in [0.2, 0.25) is 0 Å². The Bertz CT molecular complexity index is 1240. The van der Waals surface area contributed by atoms with Gasteiger partial charge in [-0.1, -0.05) is 12.1 Å². The number of hydrogen-bond donors (Lipinski definition) is 1. The van der Waals surface area contributed by atoms with Crippen molar-refractivity contribution in [2.45, 2.75) is 45.4 Å². The first kappa shape index (κ1) is 27.7. The summed E-state index contributed by atoms with van der Waals surface area (Å²) in [6.45, 7) is 4.20. The molecule has 3 aromatic rings. The van der Waals surface area contributed by atoms with Crippen LogP contribution in [0.4, 0.5) is 0 Å². The number of pyridine rings is 2. The number of carbonyl (C=O) groups is 2. The Hall–Kier alpha value is -3.30. The van der Waals surface area contributed by atoms with Crippen LogP contribution in [-0.2, 0) is 31.9 Å². The van der Waals surface area contributed by atoms with E-state index in [1.807, 2.05) is 62.0 Å². The molecule has 0 saturated carbocycles. The second kappa shape index (κ2) is 13.5. The summed E-state index contributed by atoms with van der Waals surface area (Å²) >= 11 is 4.99. The molecule has 1 aliphatic rings. The molecule has 7 nitrogen and oxygen atoms in total. The van der Waals surface area contributed by atoms with Gasteiger partial charge in [-0.3, -0.25) is 9.97 Å². The van der Waals surface area contributed by atoms with Crippen LogP contribution in [0.1, 0.15) is 48.6 Å². The Kier molecular flexibility index (Phi) is 9.84. The molecule has 1 aliphatic heterocycles. The number of aryl methyl sites for hydroxylation is 2. The van der Waals surface area contributed by atoms with Crippen molar-refractivity contribution in [2.75, 3.05) is 13.2 Å². The molecule has 0 radical (unpaired) electrons. The second-order valence-corrected chi connectivity index (χ2v) is 10.9. The topological polar surface area (TPSA) is 90.4 Å². The van der Waals surface area contributed by atoms with Crippen LogP contribution in [0, 0.1) is 0 Å². The minimum atomic E-state index is -0.579. The summed E-state index contributed by atoms with van der Waals surface area (Å²) in [5.41, 5.74) is 4.37. The van der Waals surface area contributed by atoms with Crippen LogP contribution in [0.5, 0.6) is 0 Å². The predicted molar refractivity (Wildman–Crippen MR) is 150 cm³/mol. The van der Waals surface area contributed by atoms with E-state index in [0.717, 1.165) is 33.3 Å². The fraction of sp³-hybridized carbons (Fsp3) is 0.310. The third-order valence-electron chi connectivity index (χ3n) is 6.20. The lowest BCUT2D eigenvalue weighted by molar-refractivity contribution is -0.140. The molecule has 0 aromatic carbocycles. The van der Waals surface area contributed by atoms with Crippen molar-refractivity contribution < 1.29 is 19.1 Å². The molecule has 0 spiro atoms. The van der Waals surface area contributed by atoms with Crippen LogP contribution in [0.15, 0.2) is 87.5 Å². The first-order valence-corrected chi connectivity index (χ1v) is 14.2. The van der Waals surface area contributed by atoms with E-state index in [4.69, 9.17) is 9.47 Å². The molecule has 38 heavy (non-hydrogen) atoms. The molecule has 0 atom stereocenters. The molecular formula is C29H30BrN3O4S. The number of thiophene rings is 1. The third kappa shape index (κ3) is 7.17. The van der Waals surface area contributed by atoms with Gasteiger partial charge in [0, 0.05) is 50.9 Å². The molecule has 9 heteroatoms. The molecule has 0 saturated heterocycles. The first-order chi connectivity index (χ1) is 18.4. The maximum atomic E-state index is 13.4. The lowest BCUT2D eigenvalue weighted by atomic mass is 9.84. The van der Waals surface area contributed by atoms with Crippen LogP contribution in [0.25, 0.3) is 0 Å². The second-order valence-electron chi connectivity index (χ2n) is 9.00. The number of allylic oxidation sites excluding steroid dienone is 2. The Morgan fingerprint density at radius 2 is 1.45 bits per heavy atom. The lowest BCUT2D eigenvalue weighted by Gasteiger charge is -2.29. The lowest BCUT2D eigenvalue weighted by Crippen LogP contribution is -2.32. The van der Waals surface area contributed by atoms with Gasteiger partial charge in [-0.25, -0.2) is 9.59 Å². The van der Waals surface area contributed by atoms with Gasteiger partial charge in [0.25, 0.3) is 0 Å². The standard InChI is InChI=1S/C29H30BrN3O4S/c1-19-25(28(34)36-13-5-9-21-7-3-11-31-16-21)27(24-15-23(30)18-38-24)26(20(2)33-19)29(35)37-14-6-10-22-8-4-12-32-17-22/h3-4,7-8,11-12,15-18,27,33H,5-6,9-10,13-14H2,1-2H3. The Morgan fingerprint density at radius 3 is 1.87 bits per heavy atom. The van der Waals surface area contributed by atoms with Crippen molar-refractivity contribution in [2.24, 2.45) is 0 Å². The van der Waals surface area contributed by atoms with E-state index in [0.29, 0.717) is 35.4 Å². The molecule has 0 unspecified atom stereocenters. The van der Waals surface area contributed by atoms with Crippen LogP contribution in [-0.4, -0.2) is 35.1 Å². The summed E-state index contributed by atoms with van der Waals surface area (Å²) < 4.78 is 12.3. The maximum absolute atomic E-state index is 13.4. The molecule has 0 amide bonds. The number of dihydropyridines is 1. The van der Waals surface area contributed by atoms with Crippen molar-refractivity contribution in [1.82, 2.24) is 15.3 Å². The number of halogens is 1. The highest BCUT2D eigenvalue weighted by atomic mass is 79.9. The zero-order chi connectivity index (χ0) is 26.9. The molecule has 0 bridgehead atoms. The van der Waals surface area contributed by atoms with Crippen molar-refractivity contribution >= 4 is 39.2 Å². The van der Waals surface area contributed by atoms with Crippen molar-refractivity contribution in [3.05, 3.63) is 104 Å². The minimum absolute atomic E-state index is 0.266. The molecule has 198 valence electrons. The van der Waals surface area contributed by atoms with Crippen LogP contribution in [0.2, 0.25) is 0 Å². The number of rotatable bonds is 11. The van der Waals surface area contributed by atoms with Gasteiger partial charge in [-0.05, 0) is 84.8 Å². The SMILES string of the molecule is CC1=C(C(=O)OCCCc2cccnc2)C(c2cc(Br)cs2)C(C(=O)OCCCc2cccnc2)=C(C)N1. The summed E-state index contributed by atoms with van der Waals surface area (Å²) in [4.78, 5) is 35.9. The van der Waals surface area contributed by atoms with Gasteiger partial charge in [0.05, 0.1) is 30.3 Å². The van der Waals surface area contributed by atoms with Gasteiger partial charge < -0.3 is 14.8 Å². The van der Waals surface area contributed by atoms with E-state index in [-0.39, 0.29) is 13.2 Å². The molecule has 4 heterocycles. The van der Waals surface area contributed by atoms with Crippen molar-refractivity contribution in [1.29, 1.82) is 0 Å². The molecule has 3 aromatic heterocycles. The number of ether oxygens (including phenoxy) is 2. The average Bonchev–Trinajstić information content (AvgIpc) is 3.35. The minimum Gasteiger partial charge on any atom is -0.462 e. The fourth-order valence-corrected chi connectivity index (χ4v) is 5.99. The Labute approximate surface area is 235 Å². The summed E-state index contributed by atoms with van der Waals surface area (Å²) in [5, 5.41) is 5.15. The molecule has 4 rings (SSSR count). The Balaban J connectivity index is 1.46. The van der Waals surface area contributed by atoms with Crippen LogP contribution < -0.4 is 5.32 Å². The number of hydrogen-bond acceptors (Lipinski definition) is 8. The summed E-state index contributed by atoms with van der Waals surface area (Å²) in [6, 6.07) is 9.72. The quantitative estimate of drug-likeness (QED) is 0.218. The average molecular weight is 597 g/mol. The monoisotopic (exact) mass is 595 g/mol. The molecular weight excluding hydrogens is 566 g/mol.